The van der Waals surface area contributed by atoms with Gasteiger partial charge in [-0.1, -0.05) is 46.0 Å². The minimum atomic E-state index is -0.587. The molecule has 4 rings (SSSR count). The molecule has 1 saturated heterocycles. The first kappa shape index (κ1) is 21.1. The Kier molecular flexibility index (Phi) is 6.01. The molecule has 1 fully saturated rings. The molecule has 0 atom stereocenters. The first-order valence-corrected chi connectivity index (χ1v) is 12.3. The molecule has 3 aromatic rings. The first-order chi connectivity index (χ1) is 14.4. The molecular weight excluding hydrogens is 400 g/mol. The molecule has 0 amide bonds. The van der Waals surface area contributed by atoms with Gasteiger partial charge in [0, 0.05) is 30.2 Å². The lowest BCUT2D eigenvalue weighted by Crippen LogP contribution is -2.50. The Morgan fingerprint density at radius 2 is 1.87 bits per heavy atom. The zero-order chi connectivity index (χ0) is 21.3. The minimum absolute atomic E-state index is 0.122. The molecule has 0 saturated carbocycles. The van der Waals surface area contributed by atoms with E-state index in [1.807, 2.05) is 18.2 Å². The van der Waals surface area contributed by atoms with E-state index in [1.165, 1.54) is 12.2 Å². The number of hydrogen-bond acceptors (Lipinski definition) is 3. The SMILES string of the molecule is CC(C)CP1CC[N+]([O-])(c2cc(Cc3n[nH]c(=O)c4ccccc34)ccc2F)CC1. The molecule has 1 aliphatic heterocycles. The van der Waals surface area contributed by atoms with Crippen molar-refractivity contribution in [1.29, 1.82) is 0 Å². The van der Waals surface area contributed by atoms with Crippen molar-refractivity contribution >= 4 is 24.4 Å². The van der Waals surface area contributed by atoms with Gasteiger partial charge in [0.1, 0.15) is 0 Å². The highest BCUT2D eigenvalue weighted by atomic mass is 31.1. The average Bonchev–Trinajstić information content (AvgIpc) is 2.73. The van der Waals surface area contributed by atoms with Crippen LogP contribution in [-0.2, 0) is 6.42 Å². The number of nitrogens with zero attached hydrogens (tertiary/aromatic N) is 2. The first-order valence-electron chi connectivity index (χ1n) is 10.4. The van der Waals surface area contributed by atoms with Gasteiger partial charge in [0.05, 0.1) is 24.2 Å². The molecule has 0 aliphatic carbocycles. The Labute approximate surface area is 176 Å². The summed E-state index contributed by atoms with van der Waals surface area (Å²) in [5, 5.41) is 21.6. The zero-order valence-electron chi connectivity index (χ0n) is 17.4. The summed E-state index contributed by atoms with van der Waals surface area (Å²) in [6.45, 7) is 5.32. The number of aromatic nitrogens is 2. The van der Waals surface area contributed by atoms with Crippen molar-refractivity contribution in [2.24, 2.45) is 5.92 Å². The predicted octanol–water partition coefficient (Wildman–Crippen LogP) is 4.61. The molecule has 0 radical (unpaired) electrons. The topological polar surface area (TPSA) is 68.8 Å². The Hall–Kier alpha value is -2.14. The van der Waals surface area contributed by atoms with Gasteiger partial charge in [-0.25, -0.2) is 9.49 Å². The fourth-order valence-electron chi connectivity index (χ4n) is 4.25. The Bertz CT molecular complexity index is 1110. The van der Waals surface area contributed by atoms with E-state index in [1.54, 1.807) is 18.2 Å². The maximum absolute atomic E-state index is 14.7. The van der Waals surface area contributed by atoms with E-state index in [0.717, 1.165) is 23.3 Å². The number of hydrogen-bond donors (Lipinski definition) is 1. The Morgan fingerprint density at radius 3 is 2.57 bits per heavy atom. The number of H-pyrrole nitrogens is 1. The van der Waals surface area contributed by atoms with Crippen molar-refractivity contribution in [2.75, 3.05) is 31.6 Å². The molecule has 1 aromatic heterocycles. The summed E-state index contributed by atoms with van der Waals surface area (Å²) in [6, 6.07) is 12.1. The molecule has 7 heteroatoms. The third-order valence-electron chi connectivity index (χ3n) is 5.77. The quantitative estimate of drug-likeness (QED) is 0.367. The van der Waals surface area contributed by atoms with Gasteiger partial charge in [-0.3, -0.25) is 4.79 Å². The normalized spacial score (nSPS) is 22.0. The number of fused-ring (bicyclic) bond motifs is 1. The van der Waals surface area contributed by atoms with Crippen LogP contribution in [0.4, 0.5) is 10.1 Å². The summed E-state index contributed by atoms with van der Waals surface area (Å²) in [5.74, 6) is 0.200. The minimum Gasteiger partial charge on any atom is -0.627 e. The number of nitrogens with one attached hydrogen (secondary N) is 1. The van der Waals surface area contributed by atoms with Crippen LogP contribution >= 0.6 is 7.92 Å². The lowest BCUT2D eigenvalue weighted by Gasteiger charge is -2.47. The van der Waals surface area contributed by atoms with E-state index < -0.39 is 10.5 Å². The second-order valence-electron chi connectivity index (χ2n) is 8.54. The van der Waals surface area contributed by atoms with E-state index in [2.05, 4.69) is 24.0 Å². The predicted molar refractivity (Wildman–Crippen MR) is 123 cm³/mol. The van der Waals surface area contributed by atoms with Crippen LogP contribution in [0, 0.1) is 16.9 Å². The van der Waals surface area contributed by atoms with Gasteiger partial charge in [-0.2, -0.15) is 5.10 Å². The fraction of sp³-hybridized carbons (Fsp3) is 0.391. The molecule has 30 heavy (non-hydrogen) atoms. The number of aromatic amines is 1. The van der Waals surface area contributed by atoms with Crippen LogP contribution in [0.15, 0.2) is 47.3 Å². The van der Waals surface area contributed by atoms with E-state index in [0.29, 0.717) is 36.5 Å². The van der Waals surface area contributed by atoms with E-state index in [4.69, 9.17) is 0 Å². The smallest absolute Gasteiger partial charge is 0.272 e. The van der Waals surface area contributed by atoms with Crippen molar-refractivity contribution in [3.63, 3.8) is 0 Å². The molecule has 5 nitrogen and oxygen atoms in total. The van der Waals surface area contributed by atoms with Crippen LogP contribution in [0.3, 0.4) is 0 Å². The zero-order valence-corrected chi connectivity index (χ0v) is 18.3. The summed E-state index contributed by atoms with van der Waals surface area (Å²) in [6.07, 6.45) is 3.40. The number of rotatable bonds is 5. The third kappa shape index (κ3) is 4.31. The molecule has 1 aliphatic rings. The largest absolute Gasteiger partial charge is 0.627 e. The highest BCUT2D eigenvalue weighted by molar-refractivity contribution is 7.57. The maximum Gasteiger partial charge on any atom is 0.272 e. The Balaban J connectivity index is 1.61. The number of halogens is 1. The third-order valence-corrected chi connectivity index (χ3v) is 8.69. The van der Waals surface area contributed by atoms with Gasteiger partial charge < -0.3 is 9.85 Å². The van der Waals surface area contributed by atoms with E-state index >= 15 is 0 Å². The van der Waals surface area contributed by atoms with Crippen molar-refractivity contribution in [1.82, 2.24) is 14.8 Å². The van der Waals surface area contributed by atoms with Gasteiger partial charge in [0.25, 0.3) is 5.56 Å². The van der Waals surface area contributed by atoms with Crippen molar-refractivity contribution in [2.45, 2.75) is 20.3 Å². The van der Waals surface area contributed by atoms with Gasteiger partial charge in [0.15, 0.2) is 11.5 Å². The maximum atomic E-state index is 14.7. The number of quaternary nitrogens is 1. The van der Waals surface area contributed by atoms with Crippen LogP contribution in [0.5, 0.6) is 0 Å². The Morgan fingerprint density at radius 1 is 1.17 bits per heavy atom. The summed E-state index contributed by atoms with van der Waals surface area (Å²) in [7, 11) is -0.122. The number of hydroxylamine groups is 2. The van der Waals surface area contributed by atoms with Gasteiger partial charge in [-0.05, 0) is 29.8 Å². The van der Waals surface area contributed by atoms with E-state index in [9.17, 15) is 14.4 Å². The second-order valence-corrected chi connectivity index (χ2v) is 11.1. The van der Waals surface area contributed by atoms with Gasteiger partial charge in [-0.15, -0.1) is 0 Å². The van der Waals surface area contributed by atoms with Crippen molar-refractivity contribution < 1.29 is 4.39 Å². The molecule has 2 aromatic carbocycles. The summed E-state index contributed by atoms with van der Waals surface area (Å²) >= 11 is 0. The van der Waals surface area contributed by atoms with Gasteiger partial charge >= 0.3 is 0 Å². The lowest BCUT2D eigenvalue weighted by atomic mass is 10.0. The highest BCUT2D eigenvalue weighted by Gasteiger charge is 2.31. The average molecular weight is 427 g/mol. The van der Waals surface area contributed by atoms with Crippen LogP contribution in [0.1, 0.15) is 25.1 Å². The van der Waals surface area contributed by atoms with Crippen molar-refractivity contribution in [3.8, 4) is 0 Å². The molecule has 158 valence electrons. The number of benzene rings is 2. The van der Waals surface area contributed by atoms with Crippen LogP contribution in [-0.4, -0.2) is 41.8 Å². The molecule has 0 spiro atoms. The van der Waals surface area contributed by atoms with E-state index in [-0.39, 0.29) is 19.2 Å². The van der Waals surface area contributed by atoms with Crippen LogP contribution in [0.2, 0.25) is 0 Å². The van der Waals surface area contributed by atoms with Gasteiger partial charge in [0.2, 0.25) is 0 Å². The molecule has 1 N–H and O–H groups in total. The van der Waals surface area contributed by atoms with Crippen LogP contribution in [0.25, 0.3) is 10.8 Å². The fourth-order valence-corrected chi connectivity index (χ4v) is 7.08. The second kappa shape index (κ2) is 8.54. The summed E-state index contributed by atoms with van der Waals surface area (Å²) in [4.78, 5) is 12.0. The van der Waals surface area contributed by atoms with Crippen molar-refractivity contribution in [3.05, 3.63) is 75.1 Å². The highest BCUT2D eigenvalue weighted by Crippen LogP contribution is 2.43. The molecular formula is C23H27FN3O2P. The standard InChI is InChI=1S/C23H27FN3O2P/c1-16(2)15-30-11-9-27(29,10-12-30)22-14-17(7-8-20(22)24)13-21-18-5-3-4-6-19(18)23(28)26-25-21/h3-8,14,16H,9-13,15H2,1-2H3,(H,26,28). The summed E-state index contributed by atoms with van der Waals surface area (Å²) in [5.41, 5.74) is 1.52. The molecule has 0 unspecified atom stereocenters. The summed E-state index contributed by atoms with van der Waals surface area (Å²) < 4.78 is 14.1. The molecule has 2 heterocycles. The molecule has 0 bridgehead atoms. The van der Waals surface area contributed by atoms with Crippen LogP contribution < -0.4 is 10.2 Å². The monoisotopic (exact) mass is 427 g/mol. The lowest BCUT2D eigenvalue weighted by molar-refractivity contribution is 0.386.